The van der Waals surface area contributed by atoms with Crippen LogP contribution >= 0.6 is 0 Å². The second-order valence-corrected chi connectivity index (χ2v) is 5.10. The van der Waals surface area contributed by atoms with E-state index in [1.165, 1.54) is 7.11 Å². The Labute approximate surface area is 132 Å². The predicted molar refractivity (Wildman–Crippen MR) is 87.2 cm³/mol. The Balaban J connectivity index is 2.03. The first-order chi connectivity index (χ1) is 11.1. The number of rotatable bonds is 5. The topological polar surface area (TPSA) is 109 Å². The van der Waals surface area contributed by atoms with Gasteiger partial charge in [-0.3, -0.25) is 9.78 Å². The van der Waals surface area contributed by atoms with Crippen LogP contribution < -0.4 is 16.2 Å². The van der Waals surface area contributed by atoms with Crippen molar-refractivity contribution in [1.29, 1.82) is 0 Å². The van der Waals surface area contributed by atoms with Gasteiger partial charge < -0.3 is 20.8 Å². The van der Waals surface area contributed by atoms with Crippen molar-refractivity contribution < 1.29 is 9.53 Å². The molecule has 3 aromatic rings. The number of benzene rings is 1. The normalized spacial score (nSPS) is 10.8. The number of nitrogen functional groups attached to an aromatic ring is 1. The molecule has 3 rings (SSSR count). The second kappa shape index (κ2) is 5.96. The summed E-state index contributed by atoms with van der Waals surface area (Å²) in [5.74, 6) is 0.337. The van der Waals surface area contributed by atoms with Crippen LogP contribution in [0.4, 0.5) is 5.95 Å². The predicted octanol–water partition coefficient (Wildman–Crippen LogP) is 1.36. The number of nitrogens with two attached hydrogens (primary N) is 2. The van der Waals surface area contributed by atoms with Gasteiger partial charge >= 0.3 is 0 Å². The molecule has 0 saturated carbocycles. The summed E-state index contributed by atoms with van der Waals surface area (Å²) in [6, 6.07) is 8.99. The number of nitrogens with zero attached hydrogens (tertiary/aromatic N) is 3. The molecule has 0 fully saturated rings. The minimum atomic E-state index is -0.535. The van der Waals surface area contributed by atoms with Crippen molar-refractivity contribution in [3.8, 4) is 5.75 Å². The summed E-state index contributed by atoms with van der Waals surface area (Å²) < 4.78 is 7.24. The Morgan fingerprint density at radius 3 is 2.83 bits per heavy atom. The molecule has 1 aromatic carbocycles. The molecule has 1 amide bonds. The van der Waals surface area contributed by atoms with E-state index in [0.717, 1.165) is 11.2 Å². The summed E-state index contributed by atoms with van der Waals surface area (Å²) >= 11 is 0. The Bertz CT molecular complexity index is 858. The maximum atomic E-state index is 11.4. The minimum Gasteiger partial charge on any atom is -0.494 e. The van der Waals surface area contributed by atoms with Gasteiger partial charge in [-0.05, 0) is 24.3 Å². The highest BCUT2D eigenvalue weighted by molar-refractivity contribution is 5.98. The number of carbonyl (C=O) groups is 1. The van der Waals surface area contributed by atoms with Crippen LogP contribution in [-0.4, -0.2) is 27.6 Å². The van der Waals surface area contributed by atoms with E-state index >= 15 is 0 Å². The third kappa shape index (κ3) is 2.80. The van der Waals surface area contributed by atoms with Crippen LogP contribution in [-0.2, 0) is 13.0 Å². The number of imidazole rings is 1. The molecule has 4 N–H and O–H groups in total. The first kappa shape index (κ1) is 14.8. The van der Waals surface area contributed by atoms with Crippen molar-refractivity contribution >= 4 is 22.9 Å². The lowest BCUT2D eigenvalue weighted by Gasteiger charge is -2.10. The third-order valence-electron chi connectivity index (χ3n) is 3.66. The van der Waals surface area contributed by atoms with Crippen molar-refractivity contribution in [3.05, 3.63) is 47.8 Å². The smallest absolute Gasteiger partial charge is 0.248 e. The number of aromatic nitrogens is 3. The van der Waals surface area contributed by atoms with E-state index in [0.29, 0.717) is 35.7 Å². The monoisotopic (exact) mass is 311 g/mol. The lowest BCUT2D eigenvalue weighted by molar-refractivity contribution is 0.1000. The van der Waals surface area contributed by atoms with Gasteiger partial charge in [0.1, 0.15) is 11.3 Å². The average Bonchev–Trinajstić information content (AvgIpc) is 2.88. The molecule has 0 aliphatic rings. The zero-order valence-electron chi connectivity index (χ0n) is 12.7. The van der Waals surface area contributed by atoms with E-state index in [1.54, 1.807) is 18.3 Å². The van der Waals surface area contributed by atoms with Crippen LogP contribution in [0.3, 0.4) is 0 Å². The first-order valence-corrected chi connectivity index (χ1v) is 7.13. The first-order valence-electron chi connectivity index (χ1n) is 7.13. The molecule has 0 unspecified atom stereocenters. The van der Waals surface area contributed by atoms with E-state index in [9.17, 15) is 4.79 Å². The molecule has 7 nitrogen and oxygen atoms in total. The number of ether oxygens (including phenoxy) is 1. The molecule has 0 bridgehead atoms. The fraction of sp³-hybridized carbons (Fsp3) is 0.188. The van der Waals surface area contributed by atoms with Crippen molar-refractivity contribution in [3.63, 3.8) is 0 Å². The van der Waals surface area contributed by atoms with E-state index in [2.05, 4.69) is 9.97 Å². The molecule has 0 atom stereocenters. The Hall–Kier alpha value is -3.09. The summed E-state index contributed by atoms with van der Waals surface area (Å²) in [7, 11) is 1.53. The zero-order chi connectivity index (χ0) is 16.4. The van der Waals surface area contributed by atoms with Gasteiger partial charge in [0.2, 0.25) is 11.9 Å². The molecule has 0 radical (unpaired) electrons. The molecule has 118 valence electrons. The van der Waals surface area contributed by atoms with Gasteiger partial charge in [-0.2, -0.15) is 0 Å². The van der Waals surface area contributed by atoms with Crippen molar-refractivity contribution in [2.24, 2.45) is 5.73 Å². The highest BCUT2D eigenvalue weighted by Crippen LogP contribution is 2.29. The van der Waals surface area contributed by atoms with Crippen LogP contribution in [0.25, 0.3) is 11.0 Å². The number of methoxy groups -OCH3 is 1. The molecule has 7 heteroatoms. The molecule has 2 aromatic heterocycles. The molecule has 0 aliphatic carbocycles. The summed E-state index contributed by atoms with van der Waals surface area (Å²) in [5.41, 5.74) is 14.0. The Morgan fingerprint density at radius 2 is 2.17 bits per heavy atom. The van der Waals surface area contributed by atoms with E-state index in [4.69, 9.17) is 16.2 Å². The maximum absolute atomic E-state index is 11.4. The zero-order valence-corrected chi connectivity index (χ0v) is 12.7. The van der Waals surface area contributed by atoms with E-state index < -0.39 is 5.91 Å². The van der Waals surface area contributed by atoms with Crippen LogP contribution in [0.15, 0.2) is 36.5 Å². The van der Waals surface area contributed by atoms with Gasteiger partial charge in [0.15, 0.2) is 0 Å². The molecular formula is C16H17N5O2. The number of primary amides is 1. The van der Waals surface area contributed by atoms with Gasteiger partial charge in [0, 0.05) is 30.4 Å². The SMILES string of the molecule is COc1cc(C(N)=O)cc2nc(N)n(CCc3ccccn3)c12. The Morgan fingerprint density at radius 1 is 1.35 bits per heavy atom. The number of hydrogen-bond acceptors (Lipinski definition) is 5. The maximum Gasteiger partial charge on any atom is 0.248 e. The third-order valence-corrected chi connectivity index (χ3v) is 3.66. The van der Waals surface area contributed by atoms with Crippen LogP contribution in [0, 0.1) is 0 Å². The van der Waals surface area contributed by atoms with Gasteiger partial charge in [-0.25, -0.2) is 4.98 Å². The van der Waals surface area contributed by atoms with Gasteiger partial charge in [0.05, 0.1) is 12.6 Å². The standard InChI is InChI=1S/C16H17N5O2/c1-23-13-9-10(15(17)22)8-12-14(13)21(16(18)20-12)7-5-11-4-2-3-6-19-11/h2-4,6,8-9H,5,7H2,1H3,(H2,17,22)(H2,18,20). The highest BCUT2D eigenvalue weighted by Gasteiger charge is 2.16. The van der Waals surface area contributed by atoms with Gasteiger partial charge in [-0.15, -0.1) is 0 Å². The fourth-order valence-corrected chi connectivity index (χ4v) is 2.54. The molecule has 0 saturated heterocycles. The van der Waals surface area contributed by atoms with Crippen molar-refractivity contribution in [2.75, 3.05) is 12.8 Å². The summed E-state index contributed by atoms with van der Waals surface area (Å²) in [4.78, 5) is 20.0. The van der Waals surface area contributed by atoms with Gasteiger partial charge in [0.25, 0.3) is 0 Å². The van der Waals surface area contributed by atoms with Crippen LogP contribution in [0.1, 0.15) is 16.1 Å². The number of carbonyl (C=O) groups excluding carboxylic acids is 1. The number of hydrogen-bond donors (Lipinski definition) is 2. The lowest BCUT2D eigenvalue weighted by atomic mass is 10.1. The Kier molecular flexibility index (Phi) is 3.84. The number of anilines is 1. The molecule has 0 spiro atoms. The van der Waals surface area contributed by atoms with Crippen molar-refractivity contribution in [2.45, 2.75) is 13.0 Å². The quantitative estimate of drug-likeness (QED) is 0.739. The summed E-state index contributed by atoms with van der Waals surface area (Å²) in [6.45, 7) is 0.603. The van der Waals surface area contributed by atoms with E-state index in [1.807, 2.05) is 22.8 Å². The minimum absolute atomic E-state index is 0.337. The molecule has 2 heterocycles. The number of pyridine rings is 1. The molecule has 23 heavy (non-hydrogen) atoms. The van der Waals surface area contributed by atoms with Gasteiger partial charge in [-0.1, -0.05) is 6.07 Å². The molecular weight excluding hydrogens is 294 g/mol. The second-order valence-electron chi connectivity index (χ2n) is 5.10. The van der Waals surface area contributed by atoms with E-state index in [-0.39, 0.29) is 0 Å². The number of fused-ring (bicyclic) bond motifs is 1. The highest BCUT2D eigenvalue weighted by atomic mass is 16.5. The number of amides is 1. The van der Waals surface area contributed by atoms with Crippen LogP contribution in [0.2, 0.25) is 0 Å². The summed E-state index contributed by atoms with van der Waals surface area (Å²) in [5, 5.41) is 0. The lowest BCUT2D eigenvalue weighted by Crippen LogP contribution is -2.11. The number of aryl methyl sites for hydroxylation is 2. The summed E-state index contributed by atoms with van der Waals surface area (Å²) in [6.07, 6.45) is 2.46. The fourth-order valence-electron chi connectivity index (χ4n) is 2.54. The largest absolute Gasteiger partial charge is 0.494 e. The average molecular weight is 311 g/mol. The molecule has 0 aliphatic heterocycles. The van der Waals surface area contributed by atoms with Crippen LogP contribution in [0.5, 0.6) is 5.75 Å². The van der Waals surface area contributed by atoms with Crippen molar-refractivity contribution in [1.82, 2.24) is 14.5 Å².